The molecule has 2 rings (SSSR count). The summed E-state index contributed by atoms with van der Waals surface area (Å²) < 4.78 is 0. The fraction of sp³-hybridized carbons (Fsp3) is 0.500. The summed E-state index contributed by atoms with van der Waals surface area (Å²) in [7, 11) is 0. The Morgan fingerprint density at radius 3 is 3.00 bits per heavy atom. The van der Waals surface area contributed by atoms with E-state index in [9.17, 15) is 0 Å². The standard InChI is InChI=1S/C12H17ClN2/c1-9-10(3-2-4-12(9)13)7-11-8-14-5-6-15-11/h2-4,11,14-15H,5-8H2,1H3. The molecule has 1 fully saturated rings. The van der Waals surface area contributed by atoms with E-state index in [-0.39, 0.29) is 0 Å². The van der Waals surface area contributed by atoms with E-state index in [1.54, 1.807) is 0 Å². The summed E-state index contributed by atoms with van der Waals surface area (Å²) in [5, 5.41) is 7.77. The minimum absolute atomic E-state index is 0.538. The second kappa shape index (κ2) is 4.97. The van der Waals surface area contributed by atoms with Gasteiger partial charge in [-0.05, 0) is 30.5 Å². The number of hydrogen-bond acceptors (Lipinski definition) is 2. The largest absolute Gasteiger partial charge is 0.314 e. The van der Waals surface area contributed by atoms with Crippen LogP contribution in [-0.4, -0.2) is 25.7 Å². The summed E-state index contributed by atoms with van der Waals surface area (Å²) in [6.45, 7) is 5.27. The van der Waals surface area contributed by atoms with Crippen molar-refractivity contribution < 1.29 is 0 Å². The summed E-state index contributed by atoms with van der Waals surface area (Å²) in [5.41, 5.74) is 2.57. The minimum atomic E-state index is 0.538. The molecule has 1 aromatic carbocycles. The van der Waals surface area contributed by atoms with Crippen molar-refractivity contribution in [3.8, 4) is 0 Å². The Kier molecular flexibility index (Phi) is 3.62. The summed E-state index contributed by atoms with van der Waals surface area (Å²) in [6, 6.07) is 6.68. The van der Waals surface area contributed by atoms with Gasteiger partial charge >= 0.3 is 0 Å². The lowest BCUT2D eigenvalue weighted by atomic mass is 10.0. The van der Waals surface area contributed by atoms with Crippen molar-refractivity contribution in [3.63, 3.8) is 0 Å². The molecule has 1 atom stereocenters. The van der Waals surface area contributed by atoms with Gasteiger partial charge in [0.05, 0.1) is 0 Å². The van der Waals surface area contributed by atoms with Gasteiger partial charge in [-0.15, -0.1) is 0 Å². The van der Waals surface area contributed by atoms with Crippen molar-refractivity contribution >= 4 is 11.6 Å². The Morgan fingerprint density at radius 1 is 1.40 bits per heavy atom. The van der Waals surface area contributed by atoms with Gasteiger partial charge in [-0.3, -0.25) is 0 Å². The van der Waals surface area contributed by atoms with E-state index < -0.39 is 0 Å². The van der Waals surface area contributed by atoms with Crippen molar-refractivity contribution in [3.05, 3.63) is 34.3 Å². The van der Waals surface area contributed by atoms with Gasteiger partial charge in [0.2, 0.25) is 0 Å². The molecule has 82 valence electrons. The molecule has 0 aromatic heterocycles. The molecular formula is C12H17ClN2. The van der Waals surface area contributed by atoms with E-state index in [2.05, 4.69) is 23.6 Å². The summed E-state index contributed by atoms with van der Waals surface area (Å²) in [5.74, 6) is 0. The molecule has 1 heterocycles. The van der Waals surface area contributed by atoms with Crippen LogP contribution >= 0.6 is 11.6 Å². The van der Waals surface area contributed by atoms with Crippen molar-refractivity contribution in [1.82, 2.24) is 10.6 Å². The maximum absolute atomic E-state index is 6.10. The number of piperazine rings is 1. The van der Waals surface area contributed by atoms with E-state index in [4.69, 9.17) is 11.6 Å². The molecule has 1 aliphatic heterocycles. The second-order valence-corrected chi connectivity index (χ2v) is 4.49. The maximum atomic E-state index is 6.10. The van der Waals surface area contributed by atoms with Gasteiger partial charge in [0, 0.05) is 30.7 Å². The predicted octanol–water partition coefficient (Wildman–Crippen LogP) is 1.75. The molecule has 15 heavy (non-hydrogen) atoms. The van der Waals surface area contributed by atoms with Gasteiger partial charge < -0.3 is 10.6 Å². The first-order chi connectivity index (χ1) is 7.27. The van der Waals surface area contributed by atoms with Crippen molar-refractivity contribution in [2.24, 2.45) is 0 Å². The number of hydrogen-bond donors (Lipinski definition) is 2. The highest BCUT2D eigenvalue weighted by atomic mass is 35.5. The molecule has 0 radical (unpaired) electrons. The van der Waals surface area contributed by atoms with Crippen LogP contribution in [0.3, 0.4) is 0 Å². The molecule has 0 spiro atoms. The van der Waals surface area contributed by atoms with Crippen LogP contribution in [0, 0.1) is 6.92 Å². The van der Waals surface area contributed by atoms with Crippen LogP contribution in [0.15, 0.2) is 18.2 Å². The highest BCUT2D eigenvalue weighted by Crippen LogP contribution is 2.19. The first-order valence-electron chi connectivity index (χ1n) is 5.45. The van der Waals surface area contributed by atoms with Gasteiger partial charge in [-0.2, -0.15) is 0 Å². The van der Waals surface area contributed by atoms with E-state index in [1.165, 1.54) is 11.1 Å². The second-order valence-electron chi connectivity index (χ2n) is 4.08. The Labute approximate surface area is 96.0 Å². The summed E-state index contributed by atoms with van der Waals surface area (Å²) in [4.78, 5) is 0. The molecule has 0 saturated carbocycles. The van der Waals surface area contributed by atoms with Gasteiger partial charge in [0.15, 0.2) is 0 Å². The number of benzene rings is 1. The fourth-order valence-corrected chi connectivity index (χ4v) is 2.19. The molecule has 0 bridgehead atoms. The van der Waals surface area contributed by atoms with Crippen molar-refractivity contribution in [1.29, 1.82) is 0 Å². The van der Waals surface area contributed by atoms with Crippen LogP contribution in [-0.2, 0) is 6.42 Å². The Hall–Kier alpha value is -0.570. The van der Waals surface area contributed by atoms with Crippen LogP contribution in [0.5, 0.6) is 0 Å². The first-order valence-corrected chi connectivity index (χ1v) is 5.83. The smallest absolute Gasteiger partial charge is 0.0437 e. The highest BCUT2D eigenvalue weighted by Gasteiger charge is 2.13. The zero-order chi connectivity index (χ0) is 10.7. The third-order valence-corrected chi connectivity index (χ3v) is 3.38. The molecule has 2 nitrogen and oxygen atoms in total. The number of nitrogens with one attached hydrogen (secondary N) is 2. The monoisotopic (exact) mass is 224 g/mol. The zero-order valence-electron chi connectivity index (χ0n) is 9.02. The molecule has 1 aromatic rings. The van der Waals surface area contributed by atoms with E-state index in [0.29, 0.717) is 6.04 Å². The van der Waals surface area contributed by atoms with Crippen LogP contribution < -0.4 is 10.6 Å². The highest BCUT2D eigenvalue weighted by molar-refractivity contribution is 6.31. The van der Waals surface area contributed by atoms with Crippen LogP contribution in [0.2, 0.25) is 5.02 Å². The molecule has 1 unspecified atom stereocenters. The topological polar surface area (TPSA) is 24.1 Å². The Morgan fingerprint density at radius 2 is 2.27 bits per heavy atom. The lowest BCUT2D eigenvalue weighted by Crippen LogP contribution is -2.49. The molecule has 1 aliphatic rings. The van der Waals surface area contributed by atoms with Crippen LogP contribution in [0.4, 0.5) is 0 Å². The van der Waals surface area contributed by atoms with Crippen molar-refractivity contribution in [2.75, 3.05) is 19.6 Å². The van der Waals surface area contributed by atoms with E-state index >= 15 is 0 Å². The Balaban J connectivity index is 2.06. The summed E-state index contributed by atoms with van der Waals surface area (Å²) in [6.07, 6.45) is 1.05. The average Bonchev–Trinajstić information content (AvgIpc) is 2.26. The lowest BCUT2D eigenvalue weighted by molar-refractivity contribution is 0.416. The lowest BCUT2D eigenvalue weighted by Gasteiger charge is -2.25. The predicted molar refractivity (Wildman–Crippen MR) is 64.6 cm³/mol. The molecule has 3 heteroatoms. The molecule has 1 saturated heterocycles. The fourth-order valence-electron chi connectivity index (χ4n) is 2.00. The molecular weight excluding hydrogens is 208 g/mol. The first kappa shape index (κ1) is 10.9. The molecule has 0 aliphatic carbocycles. The average molecular weight is 225 g/mol. The molecule has 0 amide bonds. The van der Waals surface area contributed by atoms with Gasteiger partial charge in [-0.25, -0.2) is 0 Å². The van der Waals surface area contributed by atoms with Crippen LogP contribution in [0.1, 0.15) is 11.1 Å². The van der Waals surface area contributed by atoms with Crippen molar-refractivity contribution in [2.45, 2.75) is 19.4 Å². The van der Waals surface area contributed by atoms with Gasteiger partial charge in [0.25, 0.3) is 0 Å². The third kappa shape index (κ3) is 2.71. The minimum Gasteiger partial charge on any atom is -0.314 e. The zero-order valence-corrected chi connectivity index (χ0v) is 9.77. The summed E-state index contributed by atoms with van der Waals surface area (Å²) >= 11 is 6.10. The van der Waals surface area contributed by atoms with Crippen LogP contribution in [0.25, 0.3) is 0 Å². The normalized spacial score (nSPS) is 21.6. The van der Waals surface area contributed by atoms with Gasteiger partial charge in [0.1, 0.15) is 0 Å². The maximum Gasteiger partial charge on any atom is 0.0437 e. The quantitative estimate of drug-likeness (QED) is 0.800. The van der Waals surface area contributed by atoms with E-state index in [1.807, 2.05) is 12.1 Å². The third-order valence-electron chi connectivity index (χ3n) is 2.97. The number of rotatable bonds is 2. The van der Waals surface area contributed by atoms with Gasteiger partial charge in [-0.1, -0.05) is 23.7 Å². The SMILES string of the molecule is Cc1c(Cl)cccc1CC1CNCCN1. The number of halogens is 1. The molecule has 2 N–H and O–H groups in total. The van der Waals surface area contributed by atoms with E-state index in [0.717, 1.165) is 31.1 Å². The Bertz CT molecular complexity index is 332.